The Kier molecular flexibility index (Phi) is 3.87. The highest BCUT2D eigenvalue weighted by atomic mass is 32.2. The van der Waals surface area contributed by atoms with E-state index in [2.05, 4.69) is 4.98 Å². The van der Waals surface area contributed by atoms with E-state index >= 15 is 0 Å². The Balaban J connectivity index is 2.32. The van der Waals surface area contributed by atoms with E-state index in [1.165, 1.54) is 4.31 Å². The van der Waals surface area contributed by atoms with E-state index in [-0.39, 0.29) is 21.0 Å². The normalized spacial score (nSPS) is 25.3. The molecule has 1 N–H and O–H groups in total. The summed E-state index contributed by atoms with van der Waals surface area (Å²) < 4.78 is 26.7. The number of aromatic amines is 1. The van der Waals surface area contributed by atoms with E-state index in [0.29, 0.717) is 18.8 Å². The molecule has 0 spiro atoms. The highest BCUT2D eigenvalue weighted by Crippen LogP contribution is 2.28. The highest BCUT2D eigenvalue weighted by Gasteiger charge is 2.39. The monoisotopic (exact) mass is 305 g/mol. The van der Waals surface area contributed by atoms with Gasteiger partial charge in [0, 0.05) is 24.8 Å². The minimum atomic E-state index is -3.55. The number of sulfonamides is 1. The van der Waals surface area contributed by atoms with Gasteiger partial charge >= 0.3 is 4.87 Å². The fraction of sp³-hybridized carbons (Fsp3) is 0.727. The van der Waals surface area contributed by atoms with Crippen molar-refractivity contribution in [3.63, 3.8) is 0 Å². The third-order valence-corrected chi connectivity index (χ3v) is 6.97. The first-order valence-electron chi connectivity index (χ1n) is 6.09. The number of nitrogens with one attached hydrogen (secondary N) is 1. The number of thiazole rings is 1. The Morgan fingerprint density at radius 3 is 2.42 bits per heavy atom. The SMILES string of the molecule is Cc1[nH]c(=O)sc1S(=O)(=O)N1CC(C)C(N(C)C)C1. The zero-order chi connectivity index (χ0) is 14.4. The molecule has 1 aromatic rings. The molecular formula is C11H19N3O3S2. The maximum Gasteiger partial charge on any atom is 0.305 e. The lowest BCUT2D eigenvalue weighted by atomic mass is 10.1. The molecule has 1 aliphatic heterocycles. The predicted octanol–water partition coefficient (Wildman–Crippen LogP) is 0.315. The molecule has 2 rings (SSSR count). The summed E-state index contributed by atoms with van der Waals surface area (Å²) in [5, 5.41) is 0. The minimum Gasteiger partial charge on any atom is -0.315 e. The van der Waals surface area contributed by atoms with Gasteiger partial charge in [-0.15, -0.1) is 0 Å². The number of hydrogen-bond donors (Lipinski definition) is 1. The summed E-state index contributed by atoms with van der Waals surface area (Å²) in [4.78, 5) is 15.5. The molecule has 0 aliphatic carbocycles. The first kappa shape index (κ1) is 14.7. The van der Waals surface area contributed by atoms with Crippen LogP contribution in [-0.4, -0.2) is 55.8 Å². The highest BCUT2D eigenvalue weighted by molar-refractivity contribution is 7.91. The molecule has 0 amide bonds. The first-order chi connectivity index (χ1) is 8.73. The van der Waals surface area contributed by atoms with Crippen LogP contribution in [0.3, 0.4) is 0 Å². The molecule has 2 heterocycles. The average molecular weight is 305 g/mol. The van der Waals surface area contributed by atoms with Crippen LogP contribution in [0.1, 0.15) is 12.6 Å². The number of aromatic nitrogens is 1. The maximum atomic E-state index is 12.5. The van der Waals surface area contributed by atoms with Crippen LogP contribution >= 0.6 is 11.3 Å². The largest absolute Gasteiger partial charge is 0.315 e. The Morgan fingerprint density at radius 1 is 1.37 bits per heavy atom. The van der Waals surface area contributed by atoms with Crippen molar-refractivity contribution in [2.75, 3.05) is 27.2 Å². The molecule has 8 heteroatoms. The summed E-state index contributed by atoms with van der Waals surface area (Å²) in [5.74, 6) is 0.278. The van der Waals surface area contributed by atoms with Crippen molar-refractivity contribution in [3.05, 3.63) is 15.4 Å². The van der Waals surface area contributed by atoms with Crippen LogP contribution in [0.25, 0.3) is 0 Å². The van der Waals surface area contributed by atoms with E-state index < -0.39 is 10.0 Å². The summed E-state index contributed by atoms with van der Waals surface area (Å²) in [6.45, 7) is 4.64. The fourth-order valence-electron chi connectivity index (χ4n) is 2.53. The van der Waals surface area contributed by atoms with Gasteiger partial charge in [0.25, 0.3) is 10.0 Å². The van der Waals surface area contributed by atoms with Gasteiger partial charge in [-0.2, -0.15) is 4.31 Å². The molecule has 2 unspecified atom stereocenters. The molecule has 1 aliphatic rings. The maximum absolute atomic E-state index is 12.5. The van der Waals surface area contributed by atoms with Crippen LogP contribution < -0.4 is 4.87 Å². The Morgan fingerprint density at radius 2 is 2.00 bits per heavy atom. The molecule has 19 heavy (non-hydrogen) atoms. The Labute approximate surface area is 117 Å². The molecule has 0 radical (unpaired) electrons. The zero-order valence-corrected chi connectivity index (χ0v) is 13.1. The summed E-state index contributed by atoms with van der Waals surface area (Å²) >= 11 is 0.765. The average Bonchev–Trinajstić information content (AvgIpc) is 2.82. The van der Waals surface area contributed by atoms with Crippen molar-refractivity contribution >= 4 is 21.4 Å². The second-order valence-corrected chi connectivity index (χ2v) is 8.37. The van der Waals surface area contributed by atoms with E-state index in [0.717, 1.165) is 11.3 Å². The number of hydrogen-bond acceptors (Lipinski definition) is 5. The molecule has 2 atom stereocenters. The second-order valence-electron chi connectivity index (χ2n) is 5.26. The van der Waals surface area contributed by atoms with Gasteiger partial charge in [-0.25, -0.2) is 8.42 Å². The van der Waals surface area contributed by atoms with Gasteiger partial charge in [-0.3, -0.25) is 4.79 Å². The van der Waals surface area contributed by atoms with Crippen molar-refractivity contribution in [1.82, 2.24) is 14.2 Å². The van der Waals surface area contributed by atoms with Gasteiger partial charge in [0.05, 0.1) is 0 Å². The first-order valence-corrected chi connectivity index (χ1v) is 8.35. The number of rotatable bonds is 3. The van der Waals surface area contributed by atoms with Crippen LogP contribution in [0, 0.1) is 12.8 Å². The number of likely N-dealkylation sites (N-methyl/N-ethyl adjacent to an activating group) is 1. The fourth-order valence-corrected chi connectivity index (χ4v) is 5.52. The zero-order valence-electron chi connectivity index (χ0n) is 11.5. The van der Waals surface area contributed by atoms with Gasteiger partial charge in [-0.1, -0.05) is 18.3 Å². The van der Waals surface area contributed by atoms with Gasteiger partial charge in [-0.05, 0) is 26.9 Å². The molecular weight excluding hydrogens is 286 g/mol. The number of aryl methyl sites for hydroxylation is 1. The number of H-pyrrole nitrogens is 1. The summed E-state index contributed by atoms with van der Waals surface area (Å²) in [6.07, 6.45) is 0. The van der Waals surface area contributed by atoms with E-state index in [1.54, 1.807) is 6.92 Å². The minimum absolute atomic E-state index is 0.143. The standard InChI is InChI=1S/C11H19N3O3S2/c1-7-5-14(6-9(7)13(3)4)19(16,17)10-8(2)12-11(15)18-10/h7,9H,5-6H2,1-4H3,(H,12,15). The molecule has 1 fully saturated rings. The van der Waals surface area contributed by atoms with Crippen molar-refractivity contribution in [2.24, 2.45) is 5.92 Å². The summed E-state index contributed by atoms with van der Waals surface area (Å²) in [5.41, 5.74) is 0.427. The van der Waals surface area contributed by atoms with Crippen molar-refractivity contribution < 1.29 is 8.42 Å². The summed E-state index contributed by atoms with van der Waals surface area (Å²) in [6, 6.07) is 0.214. The lowest BCUT2D eigenvalue weighted by Gasteiger charge is -2.22. The topological polar surface area (TPSA) is 73.5 Å². The van der Waals surface area contributed by atoms with E-state index in [1.807, 2.05) is 25.9 Å². The molecule has 108 valence electrons. The Bertz CT molecular complexity index is 617. The summed E-state index contributed by atoms with van der Waals surface area (Å²) in [7, 11) is 0.357. The lowest BCUT2D eigenvalue weighted by Crippen LogP contribution is -2.35. The molecule has 0 saturated carbocycles. The van der Waals surface area contributed by atoms with E-state index in [4.69, 9.17) is 0 Å². The smallest absolute Gasteiger partial charge is 0.305 e. The molecule has 0 aromatic carbocycles. The molecule has 0 bridgehead atoms. The van der Waals surface area contributed by atoms with Crippen LogP contribution in [0.4, 0.5) is 0 Å². The van der Waals surface area contributed by atoms with Gasteiger partial charge in [0.15, 0.2) is 4.21 Å². The van der Waals surface area contributed by atoms with Gasteiger partial charge < -0.3 is 9.88 Å². The van der Waals surface area contributed by atoms with Gasteiger partial charge in [0.2, 0.25) is 0 Å². The van der Waals surface area contributed by atoms with Gasteiger partial charge in [0.1, 0.15) is 0 Å². The molecule has 1 aromatic heterocycles. The van der Waals surface area contributed by atoms with Crippen LogP contribution in [0.5, 0.6) is 0 Å². The lowest BCUT2D eigenvalue weighted by molar-refractivity contribution is 0.263. The third kappa shape index (κ3) is 2.62. The van der Waals surface area contributed by atoms with Crippen molar-refractivity contribution in [3.8, 4) is 0 Å². The Hall–Kier alpha value is -0.700. The van der Waals surface area contributed by atoms with Crippen LogP contribution in [0.2, 0.25) is 0 Å². The van der Waals surface area contributed by atoms with Crippen LogP contribution in [0.15, 0.2) is 9.00 Å². The third-order valence-electron chi connectivity index (χ3n) is 3.56. The predicted molar refractivity (Wildman–Crippen MR) is 75.1 cm³/mol. The molecule has 6 nitrogen and oxygen atoms in total. The van der Waals surface area contributed by atoms with Crippen LogP contribution in [-0.2, 0) is 10.0 Å². The number of nitrogens with zero attached hydrogens (tertiary/aromatic N) is 2. The quantitative estimate of drug-likeness (QED) is 0.872. The van der Waals surface area contributed by atoms with E-state index in [9.17, 15) is 13.2 Å². The second kappa shape index (κ2) is 5.01. The van der Waals surface area contributed by atoms with Crippen molar-refractivity contribution in [1.29, 1.82) is 0 Å². The molecule has 1 saturated heterocycles. The van der Waals surface area contributed by atoms with Crippen molar-refractivity contribution in [2.45, 2.75) is 24.1 Å².